The molecule has 0 bridgehead atoms. The van der Waals surface area contributed by atoms with Gasteiger partial charge in [-0.2, -0.15) is 13.2 Å². The van der Waals surface area contributed by atoms with E-state index in [1.807, 2.05) is 0 Å². The van der Waals surface area contributed by atoms with Crippen LogP contribution in [0.2, 0.25) is 0 Å². The molecule has 0 aliphatic rings. The molecule has 128 valence electrons. The lowest BCUT2D eigenvalue weighted by Gasteiger charge is -2.05. The molecule has 0 saturated heterocycles. The van der Waals surface area contributed by atoms with E-state index in [0.717, 1.165) is 17.7 Å². The van der Waals surface area contributed by atoms with Crippen molar-refractivity contribution in [1.29, 1.82) is 0 Å². The second kappa shape index (κ2) is 9.43. The van der Waals surface area contributed by atoms with Crippen LogP contribution in [0.3, 0.4) is 0 Å². The van der Waals surface area contributed by atoms with Crippen molar-refractivity contribution in [1.82, 2.24) is 9.97 Å². The van der Waals surface area contributed by atoms with Crippen LogP contribution in [0.4, 0.5) is 13.2 Å². The molecule has 4 nitrogen and oxygen atoms in total. The summed E-state index contributed by atoms with van der Waals surface area (Å²) in [4.78, 5) is 28.3. The number of hydrogen-bond acceptors (Lipinski definition) is 4. The lowest BCUT2D eigenvalue weighted by molar-refractivity contribution is -0.137. The van der Waals surface area contributed by atoms with Crippen LogP contribution in [-0.4, -0.2) is 20.2 Å². The summed E-state index contributed by atoms with van der Waals surface area (Å²) in [6.45, 7) is 0. The number of aromatic nitrogens is 2. The molecule has 0 aromatic carbocycles. The smallest absolute Gasteiger partial charge is 0.287 e. The van der Waals surface area contributed by atoms with Gasteiger partial charge in [0.2, 0.25) is 0 Å². The third-order valence-corrected chi connectivity index (χ3v) is 2.91. The Kier molecular flexibility index (Phi) is 7.93. The van der Waals surface area contributed by atoms with E-state index in [0.29, 0.717) is 12.6 Å². The molecule has 0 radical (unpaired) electrons. The molecule has 0 amide bonds. The molecule has 2 rings (SSSR count). The Hall–Kier alpha value is -1.87. The Morgan fingerprint density at radius 1 is 0.958 bits per heavy atom. The van der Waals surface area contributed by atoms with Gasteiger partial charge >= 0.3 is 6.18 Å². The standard InChI is InChI=1S/C8H6F3NOS.C7H7NOS/c9-8(10,11)5-1-2-6(12-4-5)3-7(13)14;9-7(10)5-6-1-3-8-4-2-6/h1-2,4H,3H2,(H,13,14);1-4H,5H2,(H,9,10). The Labute approximate surface area is 147 Å². The van der Waals surface area contributed by atoms with Crippen LogP contribution in [0.5, 0.6) is 0 Å². The van der Waals surface area contributed by atoms with Crippen molar-refractivity contribution in [2.45, 2.75) is 19.0 Å². The highest BCUT2D eigenvalue weighted by atomic mass is 32.1. The van der Waals surface area contributed by atoms with Crippen molar-refractivity contribution in [2.75, 3.05) is 0 Å². The van der Waals surface area contributed by atoms with Crippen molar-refractivity contribution in [2.24, 2.45) is 0 Å². The number of thiol groups is 2. The van der Waals surface area contributed by atoms with Crippen molar-refractivity contribution in [3.05, 3.63) is 59.7 Å². The highest BCUT2D eigenvalue weighted by Gasteiger charge is 2.30. The molecule has 0 fully saturated rings. The normalized spacial score (nSPS) is 10.5. The number of nitrogens with zero attached hydrogens (tertiary/aromatic N) is 2. The average molecular weight is 374 g/mol. The van der Waals surface area contributed by atoms with Gasteiger partial charge in [-0.05, 0) is 29.8 Å². The van der Waals surface area contributed by atoms with E-state index in [2.05, 4.69) is 35.2 Å². The van der Waals surface area contributed by atoms with Crippen molar-refractivity contribution in [3.8, 4) is 0 Å². The maximum Gasteiger partial charge on any atom is 0.417 e. The number of rotatable bonds is 4. The lowest BCUT2D eigenvalue weighted by atomic mass is 10.2. The largest absolute Gasteiger partial charge is 0.417 e. The maximum atomic E-state index is 12.1. The molecule has 9 heteroatoms. The van der Waals surface area contributed by atoms with Gasteiger partial charge in [0.05, 0.1) is 12.0 Å². The van der Waals surface area contributed by atoms with Crippen LogP contribution in [0.15, 0.2) is 42.9 Å². The first-order valence-corrected chi connectivity index (χ1v) is 7.42. The van der Waals surface area contributed by atoms with E-state index in [-0.39, 0.29) is 17.2 Å². The zero-order valence-corrected chi connectivity index (χ0v) is 14.0. The zero-order chi connectivity index (χ0) is 18.2. The number of pyridine rings is 2. The first kappa shape index (κ1) is 20.2. The fourth-order valence-electron chi connectivity index (χ4n) is 1.53. The first-order chi connectivity index (χ1) is 11.2. The van der Waals surface area contributed by atoms with Gasteiger partial charge in [0.25, 0.3) is 0 Å². The summed E-state index contributed by atoms with van der Waals surface area (Å²) in [6.07, 6.45) is -0.0620. The molecule has 0 unspecified atom stereocenters. The van der Waals surface area contributed by atoms with Gasteiger partial charge in [-0.3, -0.25) is 19.6 Å². The van der Waals surface area contributed by atoms with Gasteiger partial charge in [-0.15, -0.1) is 25.3 Å². The lowest BCUT2D eigenvalue weighted by Crippen LogP contribution is -2.06. The minimum Gasteiger partial charge on any atom is -0.287 e. The summed E-state index contributed by atoms with van der Waals surface area (Å²) >= 11 is 7.14. The molecular weight excluding hydrogens is 361 g/mol. The molecule has 0 spiro atoms. The molecule has 0 saturated carbocycles. The highest BCUT2D eigenvalue weighted by Crippen LogP contribution is 2.28. The van der Waals surface area contributed by atoms with E-state index in [4.69, 9.17) is 0 Å². The van der Waals surface area contributed by atoms with E-state index in [1.54, 1.807) is 24.5 Å². The summed E-state index contributed by atoms with van der Waals surface area (Å²) < 4.78 is 36.2. The van der Waals surface area contributed by atoms with Crippen LogP contribution < -0.4 is 0 Å². The van der Waals surface area contributed by atoms with Crippen LogP contribution >= 0.6 is 25.3 Å². The van der Waals surface area contributed by atoms with Crippen molar-refractivity contribution < 1.29 is 22.8 Å². The van der Waals surface area contributed by atoms with Crippen molar-refractivity contribution in [3.63, 3.8) is 0 Å². The Morgan fingerprint density at radius 2 is 1.54 bits per heavy atom. The number of halogens is 3. The Bertz CT molecular complexity index is 677. The topological polar surface area (TPSA) is 59.9 Å². The summed E-state index contributed by atoms with van der Waals surface area (Å²) in [7, 11) is 0. The second-order valence-corrected chi connectivity index (χ2v) is 5.53. The van der Waals surface area contributed by atoms with Gasteiger partial charge in [0, 0.05) is 30.7 Å². The average Bonchev–Trinajstić information content (AvgIpc) is 2.47. The molecule has 0 N–H and O–H groups in total. The molecule has 24 heavy (non-hydrogen) atoms. The molecule has 0 atom stereocenters. The maximum absolute atomic E-state index is 12.1. The number of carbonyl (C=O) groups excluding carboxylic acids is 2. The first-order valence-electron chi connectivity index (χ1n) is 6.53. The highest BCUT2D eigenvalue weighted by molar-refractivity contribution is 7.96. The summed E-state index contributed by atoms with van der Waals surface area (Å²) in [5.74, 6) is 0. The molecule has 0 aliphatic carbocycles. The monoisotopic (exact) mass is 374 g/mol. The van der Waals surface area contributed by atoms with Crippen molar-refractivity contribution >= 4 is 35.5 Å². The predicted octanol–water partition coefficient (Wildman–Crippen LogP) is 3.18. The molecule has 0 aliphatic heterocycles. The minimum absolute atomic E-state index is 0.0682. The van der Waals surface area contributed by atoms with Gasteiger partial charge < -0.3 is 0 Å². The number of hydrogen-bond donors (Lipinski definition) is 2. The third kappa shape index (κ3) is 8.11. The molecular formula is C15H13F3N2O2S2. The van der Waals surface area contributed by atoms with Gasteiger partial charge in [-0.25, -0.2) is 0 Å². The number of alkyl halides is 3. The van der Waals surface area contributed by atoms with Gasteiger partial charge in [0.15, 0.2) is 10.2 Å². The summed E-state index contributed by atoms with van der Waals surface area (Å²) in [5, 5.41) is -0.552. The predicted molar refractivity (Wildman–Crippen MR) is 88.9 cm³/mol. The zero-order valence-electron chi connectivity index (χ0n) is 12.2. The summed E-state index contributed by atoms with van der Waals surface area (Å²) in [5.41, 5.74) is 0.404. The van der Waals surface area contributed by atoms with Crippen LogP contribution in [0.25, 0.3) is 0 Å². The van der Waals surface area contributed by atoms with Crippen LogP contribution in [0.1, 0.15) is 16.8 Å². The summed E-state index contributed by atoms with van der Waals surface area (Å²) in [6, 6.07) is 5.65. The second-order valence-electron chi connectivity index (χ2n) is 4.53. The molecule has 2 aromatic heterocycles. The van der Waals surface area contributed by atoms with E-state index < -0.39 is 16.9 Å². The fourth-order valence-corrected chi connectivity index (χ4v) is 1.87. The SMILES string of the molecule is O=C(S)Cc1ccc(C(F)(F)F)cn1.O=C(S)Cc1ccncc1. The molecule has 2 aromatic rings. The minimum atomic E-state index is -4.39. The molecule has 2 heterocycles. The number of carbonyl (C=O) groups is 2. The fraction of sp³-hybridized carbons (Fsp3) is 0.200. The van der Waals surface area contributed by atoms with Gasteiger partial charge in [0.1, 0.15) is 0 Å². The third-order valence-electron chi connectivity index (χ3n) is 2.59. The van der Waals surface area contributed by atoms with E-state index in [9.17, 15) is 22.8 Å². The Balaban J connectivity index is 0.000000254. The van der Waals surface area contributed by atoms with Crippen LogP contribution in [0, 0.1) is 0 Å². The van der Waals surface area contributed by atoms with E-state index in [1.165, 1.54) is 0 Å². The Morgan fingerprint density at radius 3 is 1.96 bits per heavy atom. The van der Waals surface area contributed by atoms with Crippen LogP contribution in [-0.2, 0) is 28.6 Å². The van der Waals surface area contributed by atoms with Gasteiger partial charge in [-0.1, -0.05) is 0 Å². The quantitative estimate of drug-likeness (QED) is 0.807. The van der Waals surface area contributed by atoms with E-state index >= 15 is 0 Å².